The maximum absolute atomic E-state index is 5.63. The third-order valence-electron chi connectivity index (χ3n) is 2.42. The fourth-order valence-corrected chi connectivity index (χ4v) is 1.13. The Morgan fingerprint density at radius 2 is 2.25 bits per heavy atom. The van der Waals surface area contributed by atoms with Gasteiger partial charge in [0.2, 0.25) is 0 Å². The van der Waals surface area contributed by atoms with Crippen LogP contribution in [0.3, 0.4) is 0 Å². The first-order chi connectivity index (χ1) is 5.54. The van der Waals surface area contributed by atoms with E-state index < -0.39 is 0 Å². The van der Waals surface area contributed by atoms with E-state index >= 15 is 0 Å². The predicted molar refractivity (Wildman–Crippen MR) is 49.2 cm³/mol. The van der Waals surface area contributed by atoms with Gasteiger partial charge in [0, 0.05) is 5.41 Å². The zero-order valence-corrected chi connectivity index (χ0v) is 8.22. The van der Waals surface area contributed by atoms with E-state index in [9.17, 15) is 0 Å². The SMILES string of the molecule is C=C(C)COC(C)C1(C)COC1. The Labute approximate surface area is 74.6 Å². The quantitative estimate of drug-likeness (QED) is 0.601. The molecule has 1 unspecified atom stereocenters. The Bertz CT molecular complexity index is 171. The summed E-state index contributed by atoms with van der Waals surface area (Å²) in [5.41, 5.74) is 1.31. The van der Waals surface area contributed by atoms with Crippen LogP contribution in [0.1, 0.15) is 20.8 Å². The molecule has 0 bridgehead atoms. The van der Waals surface area contributed by atoms with Crippen molar-refractivity contribution in [3.63, 3.8) is 0 Å². The van der Waals surface area contributed by atoms with Crippen LogP contribution in [0.25, 0.3) is 0 Å². The van der Waals surface area contributed by atoms with Crippen LogP contribution in [0.15, 0.2) is 12.2 Å². The Balaban J connectivity index is 2.27. The first-order valence-corrected chi connectivity index (χ1v) is 4.38. The Kier molecular flexibility index (Phi) is 2.91. The summed E-state index contributed by atoms with van der Waals surface area (Å²) in [5, 5.41) is 0. The Morgan fingerprint density at radius 3 is 2.58 bits per heavy atom. The first kappa shape index (κ1) is 9.75. The van der Waals surface area contributed by atoms with Crippen LogP contribution in [0, 0.1) is 5.41 Å². The summed E-state index contributed by atoms with van der Waals surface area (Å²) in [6, 6.07) is 0. The lowest BCUT2D eigenvalue weighted by atomic mass is 9.83. The van der Waals surface area contributed by atoms with Gasteiger partial charge in [0.1, 0.15) is 0 Å². The van der Waals surface area contributed by atoms with Gasteiger partial charge < -0.3 is 9.47 Å². The topological polar surface area (TPSA) is 18.5 Å². The summed E-state index contributed by atoms with van der Waals surface area (Å²) in [7, 11) is 0. The van der Waals surface area contributed by atoms with Crippen molar-refractivity contribution in [1.82, 2.24) is 0 Å². The van der Waals surface area contributed by atoms with E-state index in [-0.39, 0.29) is 11.5 Å². The van der Waals surface area contributed by atoms with E-state index in [1.165, 1.54) is 0 Å². The van der Waals surface area contributed by atoms with Gasteiger partial charge in [-0.05, 0) is 13.8 Å². The third kappa shape index (κ3) is 2.08. The molecule has 1 aliphatic rings. The molecule has 0 saturated carbocycles. The van der Waals surface area contributed by atoms with Crippen LogP contribution >= 0.6 is 0 Å². The molecule has 1 rings (SSSR count). The van der Waals surface area contributed by atoms with E-state index in [0.29, 0.717) is 6.61 Å². The summed E-state index contributed by atoms with van der Waals surface area (Å²) in [4.78, 5) is 0. The van der Waals surface area contributed by atoms with Gasteiger partial charge in [-0.25, -0.2) is 0 Å². The molecule has 0 aromatic rings. The fourth-order valence-electron chi connectivity index (χ4n) is 1.13. The summed E-state index contributed by atoms with van der Waals surface area (Å²) in [6.45, 7) is 12.4. The zero-order valence-electron chi connectivity index (χ0n) is 8.22. The van der Waals surface area contributed by atoms with Crippen molar-refractivity contribution in [2.24, 2.45) is 5.41 Å². The van der Waals surface area contributed by atoms with E-state index in [1.807, 2.05) is 6.92 Å². The van der Waals surface area contributed by atoms with Crippen molar-refractivity contribution < 1.29 is 9.47 Å². The van der Waals surface area contributed by atoms with Crippen molar-refractivity contribution in [3.05, 3.63) is 12.2 Å². The molecule has 0 aromatic carbocycles. The van der Waals surface area contributed by atoms with Crippen molar-refractivity contribution in [2.45, 2.75) is 26.9 Å². The standard InChI is InChI=1S/C10H18O2/c1-8(2)5-12-9(3)10(4)6-11-7-10/h9H,1,5-7H2,2-4H3. The number of hydrogen-bond acceptors (Lipinski definition) is 2. The largest absolute Gasteiger partial charge is 0.380 e. The van der Waals surface area contributed by atoms with E-state index in [0.717, 1.165) is 18.8 Å². The molecule has 0 spiro atoms. The molecule has 70 valence electrons. The average molecular weight is 170 g/mol. The molecular formula is C10H18O2. The fraction of sp³-hybridized carbons (Fsp3) is 0.800. The molecule has 0 radical (unpaired) electrons. The van der Waals surface area contributed by atoms with Gasteiger partial charge in [-0.3, -0.25) is 0 Å². The molecule has 0 N–H and O–H groups in total. The van der Waals surface area contributed by atoms with E-state index in [2.05, 4.69) is 20.4 Å². The molecule has 0 aromatic heterocycles. The summed E-state index contributed by atoms with van der Waals surface area (Å²) in [5.74, 6) is 0. The Morgan fingerprint density at radius 1 is 1.67 bits per heavy atom. The smallest absolute Gasteiger partial charge is 0.0675 e. The lowest BCUT2D eigenvalue weighted by Crippen LogP contribution is -2.49. The maximum atomic E-state index is 5.63. The van der Waals surface area contributed by atoms with Crippen LogP contribution in [-0.2, 0) is 9.47 Å². The monoisotopic (exact) mass is 170 g/mol. The second-order valence-electron chi connectivity index (χ2n) is 4.06. The Hall–Kier alpha value is -0.340. The van der Waals surface area contributed by atoms with Crippen LogP contribution in [0.4, 0.5) is 0 Å². The summed E-state index contributed by atoms with van der Waals surface area (Å²) < 4.78 is 10.8. The van der Waals surface area contributed by atoms with Gasteiger partial charge in [0.25, 0.3) is 0 Å². The molecule has 2 heteroatoms. The number of ether oxygens (including phenoxy) is 2. The highest BCUT2D eigenvalue weighted by Crippen LogP contribution is 2.32. The maximum Gasteiger partial charge on any atom is 0.0675 e. The van der Waals surface area contributed by atoms with Crippen LogP contribution in [0.2, 0.25) is 0 Å². The molecular weight excluding hydrogens is 152 g/mol. The molecule has 0 aliphatic carbocycles. The minimum absolute atomic E-state index is 0.232. The van der Waals surface area contributed by atoms with Gasteiger partial charge in [-0.15, -0.1) is 0 Å². The molecule has 1 heterocycles. The van der Waals surface area contributed by atoms with Crippen molar-refractivity contribution >= 4 is 0 Å². The normalized spacial score (nSPS) is 22.9. The minimum atomic E-state index is 0.232. The molecule has 12 heavy (non-hydrogen) atoms. The van der Waals surface area contributed by atoms with Gasteiger partial charge in [-0.1, -0.05) is 19.1 Å². The highest BCUT2D eigenvalue weighted by molar-refractivity contribution is 4.91. The molecule has 2 nitrogen and oxygen atoms in total. The number of hydrogen-bond donors (Lipinski definition) is 0. The van der Waals surface area contributed by atoms with Gasteiger partial charge in [0.05, 0.1) is 25.9 Å². The first-order valence-electron chi connectivity index (χ1n) is 4.38. The van der Waals surface area contributed by atoms with Gasteiger partial charge >= 0.3 is 0 Å². The highest BCUT2D eigenvalue weighted by Gasteiger charge is 2.39. The van der Waals surface area contributed by atoms with Crippen LogP contribution in [-0.4, -0.2) is 25.9 Å². The van der Waals surface area contributed by atoms with Crippen molar-refractivity contribution in [2.75, 3.05) is 19.8 Å². The summed E-state index contributed by atoms with van der Waals surface area (Å²) in [6.07, 6.45) is 0.267. The predicted octanol–water partition coefficient (Wildman–Crippen LogP) is 2.00. The van der Waals surface area contributed by atoms with E-state index in [1.54, 1.807) is 0 Å². The minimum Gasteiger partial charge on any atom is -0.380 e. The second kappa shape index (κ2) is 3.58. The zero-order chi connectivity index (χ0) is 9.19. The molecule has 1 saturated heterocycles. The summed E-state index contributed by atoms with van der Waals surface area (Å²) >= 11 is 0. The average Bonchev–Trinajstić information content (AvgIpc) is 1.95. The van der Waals surface area contributed by atoms with Crippen molar-refractivity contribution in [1.29, 1.82) is 0 Å². The molecule has 1 fully saturated rings. The third-order valence-corrected chi connectivity index (χ3v) is 2.42. The van der Waals surface area contributed by atoms with Crippen LogP contribution in [0.5, 0.6) is 0 Å². The van der Waals surface area contributed by atoms with Gasteiger partial charge in [-0.2, -0.15) is 0 Å². The lowest BCUT2D eigenvalue weighted by Gasteiger charge is -2.42. The highest BCUT2D eigenvalue weighted by atomic mass is 16.5. The molecule has 1 atom stereocenters. The van der Waals surface area contributed by atoms with E-state index in [4.69, 9.17) is 9.47 Å². The lowest BCUT2D eigenvalue weighted by molar-refractivity contribution is -0.169. The van der Waals surface area contributed by atoms with Crippen LogP contribution < -0.4 is 0 Å². The number of rotatable bonds is 4. The second-order valence-corrected chi connectivity index (χ2v) is 4.06. The molecule has 1 aliphatic heterocycles. The van der Waals surface area contributed by atoms with Crippen molar-refractivity contribution in [3.8, 4) is 0 Å². The van der Waals surface area contributed by atoms with Gasteiger partial charge in [0.15, 0.2) is 0 Å². The molecule has 0 amide bonds.